The molecule has 78 valence electrons. The Balaban J connectivity index is 0. The predicted molar refractivity (Wildman–Crippen MR) is 57.4 cm³/mol. The molecule has 0 saturated carbocycles. The van der Waals surface area contributed by atoms with E-state index in [1.54, 1.807) is 12.1 Å². The Kier molecular flexibility index (Phi) is 9.75. The molecule has 2 nitrogen and oxygen atoms in total. The summed E-state index contributed by atoms with van der Waals surface area (Å²) in [5.74, 6) is -0.221. The van der Waals surface area contributed by atoms with E-state index in [2.05, 4.69) is 6.92 Å². The minimum absolute atomic E-state index is 0. The summed E-state index contributed by atoms with van der Waals surface area (Å²) in [6.45, 7) is 2.65. The van der Waals surface area contributed by atoms with Crippen LogP contribution in [0, 0.1) is 0 Å². The fourth-order valence-electron chi connectivity index (χ4n) is 1.17. The monoisotopic (exact) mass is 232 g/mol. The van der Waals surface area contributed by atoms with Gasteiger partial charge in [-0.25, -0.2) is 4.79 Å². The zero-order chi connectivity index (χ0) is 10.2. The molecule has 0 heterocycles. The quantitative estimate of drug-likeness (QED) is 0.410. The van der Waals surface area contributed by atoms with Crippen molar-refractivity contribution in [2.75, 3.05) is 6.61 Å². The first-order valence-electron chi connectivity index (χ1n) is 5.06. The van der Waals surface area contributed by atoms with E-state index < -0.39 is 0 Å². The molecule has 0 bridgehead atoms. The van der Waals surface area contributed by atoms with Crippen LogP contribution in [0.15, 0.2) is 30.3 Å². The first kappa shape index (κ1) is 15.3. The standard InChI is InChI=1S/C12H16O2.K.H/c1-2-3-7-10-14-12(13)11-8-5-4-6-9-11;;/h4-6,8-9H,2-3,7,10H2,1H3;;/q;+1;-1. The van der Waals surface area contributed by atoms with E-state index in [0.29, 0.717) is 12.2 Å². The largest absolute Gasteiger partial charge is 1.00 e. The Bertz CT molecular complexity index is 278. The number of hydrogen-bond donors (Lipinski definition) is 0. The van der Waals surface area contributed by atoms with Crippen molar-refractivity contribution >= 4 is 5.97 Å². The predicted octanol–water partition coefficient (Wildman–Crippen LogP) is 0.150. The number of benzene rings is 1. The molecule has 0 radical (unpaired) electrons. The van der Waals surface area contributed by atoms with Crippen molar-refractivity contribution in [3.63, 3.8) is 0 Å². The maximum absolute atomic E-state index is 11.4. The average molecular weight is 232 g/mol. The Hall–Kier alpha value is 0.326. The van der Waals surface area contributed by atoms with Crippen LogP contribution < -0.4 is 51.4 Å². The summed E-state index contributed by atoms with van der Waals surface area (Å²) in [6.07, 6.45) is 3.21. The molecule has 1 aromatic rings. The summed E-state index contributed by atoms with van der Waals surface area (Å²) in [6, 6.07) is 9.09. The smallest absolute Gasteiger partial charge is 1.00 e. The molecule has 0 atom stereocenters. The van der Waals surface area contributed by atoms with Crippen LogP contribution in [0.2, 0.25) is 0 Å². The van der Waals surface area contributed by atoms with Gasteiger partial charge in [0, 0.05) is 0 Å². The van der Waals surface area contributed by atoms with Crippen LogP contribution in [-0.2, 0) is 4.74 Å². The zero-order valence-electron chi connectivity index (χ0n) is 10.5. The number of rotatable bonds is 5. The number of carbonyl (C=O) groups excluding carboxylic acids is 1. The zero-order valence-corrected chi connectivity index (χ0v) is 12.7. The van der Waals surface area contributed by atoms with Crippen LogP contribution >= 0.6 is 0 Å². The summed E-state index contributed by atoms with van der Waals surface area (Å²) in [5, 5.41) is 0. The topological polar surface area (TPSA) is 26.3 Å². The first-order valence-corrected chi connectivity index (χ1v) is 5.06. The molecule has 0 N–H and O–H groups in total. The van der Waals surface area contributed by atoms with Gasteiger partial charge < -0.3 is 6.16 Å². The summed E-state index contributed by atoms with van der Waals surface area (Å²) >= 11 is 0. The second-order valence-corrected chi connectivity index (χ2v) is 3.21. The van der Waals surface area contributed by atoms with E-state index in [1.165, 1.54) is 0 Å². The van der Waals surface area contributed by atoms with E-state index in [4.69, 9.17) is 4.74 Å². The summed E-state index contributed by atoms with van der Waals surface area (Å²) in [7, 11) is 0. The number of carbonyl (C=O) groups is 1. The van der Waals surface area contributed by atoms with Gasteiger partial charge in [-0.2, -0.15) is 0 Å². The second-order valence-electron chi connectivity index (χ2n) is 3.21. The van der Waals surface area contributed by atoms with Gasteiger partial charge in [0.2, 0.25) is 0 Å². The van der Waals surface area contributed by atoms with Crippen LogP contribution in [0.4, 0.5) is 0 Å². The van der Waals surface area contributed by atoms with E-state index in [1.807, 2.05) is 18.2 Å². The molecule has 0 fully saturated rings. The molecule has 0 aliphatic rings. The molecule has 0 aliphatic heterocycles. The normalized spacial score (nSPS) is 9.13. The van der Waals surface area contributed by atoms with Crippen LogP contribution in [0.3, 0.4) is 0 Å². The van der Waals surface area contributed by atoms with E-state index in [0.717, 1.165) is 19.3 Å². The minimum atomic E-state index is -0.221. The fourth-order valence-corrected chi connectivity index (χ4v) is 1.17. The molecule has 0 spiro atoms. The molecule has 15 heavy (non-hydrogen) atoms. The molecular weight excluding hydrogens is 215 g/mol. The van der Waals surface area contributed by atoms with Crippen molar-refractivity contribution in [3.8, 4) is 0 Å². The van der Waals surface area contributed by atoms with Gasteiger partial charge in [-0.1, -0.05) is 38.0 Å². The first-order chi connectivity index (χ1) is 6.84. The molecule has 0 aliphatic carbocycles. The molecule has 3 heteroatoms. The minimum Gasteiger partial charge on any atom is -1.00 e. The molecule has 0 amide bonds. The van der Waals surface area contributed by atoms with Crippen LogP contribution in [0.5, 0.6) is 0 Å². The van der Waals surface area contributed by atoms with Gasteiger partial charge in [0.15, 0.2) is 0 Å². The fraction of sp³-hybridized carbons (Fsp3) is 0.417. The number of unbranched alkanes of at least 4 members (excludes halogenated alkanes) is 2. The third-order valence-corrected chi connectivity index (χ3v) is 1.99. The number of esters is 1. The average Bonchev–Trinajstić information content (AvgIpc) is 2.25. The van der Waals surface area contributed by atoms with Crippen molar-refractivity contribution in [1.82, 2.24) is 0 Å². The van der Waals surface area contributed by atoms with Crippen molar-refractivity contribution in [2.45, 2.75) is 26.2 Å². The Morgan fingerprint density at radius 1 is 1.27 bits per heavy atom. The second kappa shape index (κ2) is 9.55. The van der Waals surface area contributed by atoms with Crippen molar-refractivity contribution in [2.24, 2.45) is 0 Å². The molecule has 0 unspecified atom stereocenters. The van der Waals surface area contributed by atoms with E-state index in [9.17, 15) is 4.79 Å². The summed E-state index contributed by atoms with van der Waals surface area (Å²) in [4.78, 5) is 11.4. The third-order valence-electron chi connectivity index (χ3n) is 1.99. The van der Waals surface area contributed by atoms with Crippen molar-refractivity contribution in [3.05, 3.63) is 35.9 Å². The van der Waals surface area contributed by atoms with Gasteiger partial charge in [0.25, 0.3) is 0 Å². The van der Waals surface area contributed by atoms with Gasteiger partial charge >= 0.3 is 57.4 Å². The maximum atomic E-state index is 11.4. The van der Waals surface area contributed by atoms with Gasteiger partial charge in [-0.3, -0.25) is 0 Å². The Morgan fingerprint density at radius 2 is 1.93 bits per heavy atom. The Morgan fingerprint density at radius 3 is 2.53 bits per heavy atom. The number of hydrogen-bond acceptors (Lipinski definition) is 2. The van der Waals surface area contributed by atoms with Crippen molar-refractivity contribution in [1.29, 1.82) is 0 Å². The van der Waals surface area contributed by atoms with Crippen molar-refractivity contribution < 1.29 is 62.3 Å². The summed E-state index contributed by atoms with van der Waals surface area (Å²) < 4.78 is 5.09. The molecule has 0 saturated heterocycles. The van der Waals surface area contributed by atoms with Crippen LogP contribution in [0.25, 0.3) is 0 Å². The Labute approximate surface area is 135 Å². The maximum Gasteiger partial charge on any atom is 1.00 e. The van der Waals surface area contributed by atoms with E-state index >= 15 is 0 Å². The van der Waals surface area contributed by atoms with Crippen LogP contribution in [-0.4, -0.2) is 12.6 Å². The van der Waals surface area contributed by atoms with Gasteiger partial charge in [0.1, 0.15) is 0 Å². The molecule has 1 aromatic carbocycles. The van der Waals surface area contributed by atoms with Gasteiger partial charge in [-0.15, -0.1) is 0 Å². The molecular formula is C12H17KO2. The molecule has 1 rings (SSSR count). The summed E-state index contributed by atoms with van der Waals surface area (Å²) in [5.41, 5.74) is 0.629. The van der Waals surface area contributed by atoms with E-state index in [-0.39, 0.29) is 58.8 Å². The SMILES string of the molecule is CCCCCOC(=O)c1ccccc1.[H-].[K+]. The van der Waals surface area contributed by atoms with Gasteiger partial charge in [-0.05, 0) is 18.6 Å². The van der Waals surface area contributed by atoms with Crippen LogP contribution in [0.1, 0.15) is 38.0 Å². The van der Waals surface area contributed by atoms with Gasteiger partial charge in [0.05, 0.1) is 12.2 Å². The third kappa shape index (κ3) is 6.48. The molecule has 0 aromatic heterocycles. The number of ether oxygens (including phenoxy) is 1.